The van der Waals surface area contributed by atoms with Crippen molar-refractivity contribution in [2.45, 2.75) is 51.6 Å². The van der Waals surface area contributed by atoms with Crippen molar-refractivity contribution in [3.8, 4) is 0 Å². The predicted molar refractivity (Wildman–Crippen MR) is 97.7 cm³/mol. The molecule has 144 valence electrons. The Hall–Kier alpha value is -2.23. The van der Waals surface area contributed by atoms with Gasteiger partial charge in [0.1, 0.15) is 22.7 Å². The summed E-state index contributed by atoms with van der Waals surface area (Å²) < 4.78 is 0. The van der Waals surface area contributed by atoms with Crippen molar-refractivity contribution in [3.05, 3.63) is 0 Å². The number of halogens is 1. The largest absolute Gasteiger partial charge is 0.481 e. The van der Waals surface area contributed by atoms with Crippen molar-refractivity contribution in [2.75, 3.05) is 13.1 Å². The molecule has 0 bridgehead atoms. The fraction of sp³-hybridized carbons (Fsp3) is 0.714. The van der Waals surface area contributed by atoms with E-state index in [1.54, 1.807) is 27.7 Å². The van der Waals surface area contributed by atoms with Crippen molar-refractivity contribution >= 4 is 36.0 Å². The number of carboxylic acid groups (broad SMARTS) is 2. The number of rotatable bonds is 10. The summed E-state index contributed by atoms with van der Waals surface area (Å²) in [6.45, 7) is 6.85. The van der Waals surface area contributed by atoms with Gasteiger partial charge in [0.2, 0.25) is 0 Å². The fourth-order valence-corrected chi connectivity index (χ4v) is 1.28. The minimum atomic E-state index is -0.961. The van der Waals surface area contributed by atoms with Crippen molar-refractivity contribution in [3.63, 3.8) is 0 Å². The van der Waals surface area contributed by atoms with Gasteiger partial charge < -0.3 is 21.7 Å². The average Bonchev–Trinajstić information content (AvgIpc) is 2.44. The number of carboxylic acids is 2. The van der Waals surface area contributed by atoms with Gasteiger partial charge in [0.15, 0.2) is 0 Å². The summed E-state index contributed by atoms with van der Waals surface area (Å²) in [6, 6.07) is 0. The number of nitrogens with zero attached hydrogens (tertiary/aromatic N) is 4. The van der Waals surface area contributed by atoms with Gasteiger partial charge in [-0.1, -0.05) is 0 Å². The van der Waals surface area contributed by atoms with Gasteiger partial charge in [0.25, 0.3) is 0 Å². The molecule has 0 aliphatic carbocycles. The zero-order valence-corrected chi connectivity index (χ0v) is 15.7. The summed E-state index contributed by atoms with van der Waals surface area (Å²) in [7, 11) is 0. The Balaban J connectivity index is 0. The molecule has 0 radical (unpaired) electrons. The predicted octanol–water partition coefficient (Wildman–Crippen LogP) is 1.08. The van der Waals surface area contributed by atoms with Crippen molar-refractivity contribution in [1.29, 1.82) is 0 Å². The van der Waals surface area contributed by atoms with Gasteiger partial charge in [-0.3, -0.25) is 19.6 Å². The fourth-order valence-electron chi connectivity index (χ4n) is 1.28. The first kappa shape index (κ1) is 25.0. The second-order valence-corrected chi connectivity index (χ2v) is 6.14. The molecule has 0 rings (SSSR count). The molecule has 0 aromatic carbocycles. The number of carbonyl (C=O) groups is 2. The molecular weight excluding hydrogens is 352 g/mol. The van der Waals surface area contributed by atoms with Gasteiger partial charge in [0, 0.05) is 0 Å². The molecule has 0 aromatic heterocycles. The number of aliphatic carboxylic acids is 2. The van der Waals surface area contributed by atoms with E-state index in [1.165, 1.54) is 0 Å². The maximum atomic E-state index is 10.5. The zero-order chi connectivity index (χ0) is 19.0. The number of nitrogens with two attached hydrogens (primary N) is 2. The van der Waals surface area contributed by atoms with Crippen LogP contribution in [0.1, 0.15) is 40.5 Å². The standard InChI is InChI=1S/C14H26N6O4.ClH/c1-13(2,11(15)17-7-5-9(21)22)19-20-14(3,4)12(16)18-8-6-10(23)24;/h5-8H2,1-4H3,(H2,15,17)(H2,16,18)(H,21,22)(H,23,24);1H. The lowest BCUT2D eigenvalue weighted by Crippen LogP contribution is -2.40. The van der Waals surface area contributed by atoms with Gasteiger partial charge >= 0.3 is 11.9 Å². The molecule has 25 heavy (non-hydrogen) atoms. The first-order valence-electron chi connectivity index (χ1n) is 7.37. The van der Waals surface area contributed by atoms with Crippen LogP contribution >= 0.6 is 12.4 Å². The lowest BCUT2D eigenvalue weighted by Gasteiger charge is -2.22. The molecule has 0 saturated heterocycles. The molecule has 6 N–H and O–H groups in total. The monoisotopic (exact) mass is 378 g/mol. The third-order valence-corrected chi connectivity index (χ3v) is 3.02. The molecule has 0 amide bonds. The smallest absolute Gasteiger partial charge is 0.305 e. The first-order valence-corrected chi connectivity index (χ1v) is 7.37. The van der Waals surface area contributed by atoms with Gasteiger partial charge in [-0.2, -0.15) is 10.2 Å². The van der Waals surface area contributed by atoms with Crippen molar-refractivity contribution < 1.29 is 19.8 Å². The number of azo groups is 1. The van der Waals surface area contributed by atoms with Crippen LogP contribution in [-0.4, -0.2) is 58.0 Å². The van der Waals surface area contributed by atoms with Crippen LogP contribution in [0.2, 0.25) is 0 Å². The van der Waals surface area contributed by atoms with Crippen molar-refractivity contribution in [2.24, 2.45) is 31.7 Å². The highest BCUT2D eigenvalue weighted by Gasteiger charge is 2.27. The lowest BCUT2D eigenvalue weighted by molar-refractivity contribution is -0.137. The summed E-state index contributed by atoms with van der Waals surface area (Å²) >= 11 is 0. The van der Waals surface area contributed by atoms with E-state index in [1.807, 2.05) is 0 Å². The minimum absolute atomic E-state index is 0. The summed E-state index contributed by atoms with van der Waals surface area (Å²) in [4.78, 5) is 28.9. The van der Waals surface area contributed by atoms with E-state index in [9.17, 15) is 9.59 Å². The third-order valence-electron chi connectivity index (χ3n) is 3.02. The van der Waals surface area contributed by atoms with Crippen LogP contribution < -0.4 is 11.5 Å². The van der Waals surface area contributed by atoms with E-state index >= 15 is 0 Å². The Morgan fingerprint density at radius 1 is 0.800 bits per heavy atom. The van der Waals surface area contributed by atoms with Crippen LogP contribution in [0.3, 0.4) is 0 Å². The number of hydrogen-bond donors (Lipinski definition) is 4. The van der Waals surface area contributed by atoms with Gasteiger partial charge in [0.05, 0.1) is 25.9 Å². The van der Waals surface area contributed by atoms with Crippen LogP contribution in [0, 0.1) is 0 Å². The van der Waals surface area contributed by atoms with E-state index in [0.29, 0.717) is 0 Å². The molecule has 0 fully saturated rings. The van der Waals surface area contributed by atoms with Crippen LogP contribution in [0.4, 0.5) is 0 Å². The molecule has 0 aliphatic rings. The number of hydrogen-bond acceptors (Lipinski definition) is 6. The Morgan fingerprint density at radius 3 is 1.32 bits per heavy atom. The van der Waals surface area contributed by atoms with E-state index in [2.05, 4.69) is 20.2 Å². The molecule has 0 saturated carbocycles. The highest BCUT2D eigenvalue weighted by atomic mass is 35.5. The van der Waals surface area contributed by atoms with Crippen LogP contribution in [0.5, 0.6) is 0 Å². The molecule has 0 heterocycles. The Morgan fingerprint density at radius 2 is 1.08 bits per heavy atom. The Labute approximate surface area is 152 Å². The van der Waals surface area contributed by atoms with Gasteiger partial charge in [-0.05, 0) is 27.7 Å². The summed E-state index contributed by atoms with van der Waals surface area (Å²) in [5, 5.41) is 25.4. The van der Waals surface area contributed by atoms with Crippen molar-refractivity contribution in [1.82, 2.24) is 0 Å². The molecule has 11 heteroatoms. The highest BCUT2D eigenvalue weighted by Crippen LogP contribution is 2.16. The zero-order valence-electron chi connectivity index (χ0n) is 14.9. The maximum absolute atomic E-state index is 10.5. The highest BCUT2D eigenvalue weighted by molar-refractivity contribution is 5.90. The van der Waals surface area contributed by atoms with E-state index in [-0.39, 0.29) is 50.0 Å². The third kappa shape index (κ3) is 10.3. The number of aliphatic imine (C=N–C) groups is 2. The van der Waals surface area contributed by atoms with Crippen LogP contribution in [0.25, 0.3) is 0 Å². The van der Waals surface area contributed by atoms with E-state index in [4.69, 9.17) is 21.7 Å². The summed E-state index contributed by atoms with van der Waals surface area (Å²) in [6.07, 6.45) is -0.245. The van der Waals surface area contributed by atoms with E-state index < -0.39 is 23.0 Å². The SMILES string of the molecule is CC(C)(N=NC(C)(C)C(N)=NCCC(=O)O)C(N)=NCCC(=O)O.Cl. The molecule has 0 spiro atoms. The minimum Gasteiger partial charge on any atom is -0.481 e. The normalized spacial score (nSPS) is 13.6. The first-order chi connectivity index (χ1) is 10.9. The molecule has 0 unspecified atom stereocenters. The van der Waals surface area contributed by atoms with Crippen LogP contribution in [-0.2, 0) is 9.59 Å². The quantitative estimate of drug-likeness (QED) is 0.251. The van der Waals surface area contributed by atoms with Crippen LogP contribution in [0.15, 0.2) is 20.2 Å². The molecule has 0 aromatic rings. The maximum Gasteiger partial charge on any atom is 0.305 e. The molecular formula is C14H27ClN6O4. The van der Waals surface area contributed by atoms with E-state index in [0.717, 1.165) is 0 Å². The second-order valence-electron chi connectivity index (χ2n) is 6.14. The van der Waals surface area contributed by atoms with Gasteiger partial charge in [-0.15, -0.1) is 12.4 Å². The molecule has 10 nitrogen and oxygen atoms in total. The lowest BCUT2D eigenvalue weighted by atomic mass is 10.0. The Kier molecular flexibility index (Phi) is 10.6. The Bertz CT molecular complexity index is 510. The number of amidine groups is 2. The summed E-state index contributed by atoms with van der Waals surface area (Å²) in [5.74, 6) is -1.61. The summed E-state index contributed by atoms with van der Waals surface area (Å²) in [5.41, 5.74) is 9.80. The topological polar surface area (TPSA) is 176 Å². The molecule has 0 atom stereocenters. The van der Waals surface area contributed by atoms with Gasteiger partial charge in [-0.25, -0.2) is 0 Å². The molecule has 0 aliphatic heterocycles. The second kappa shape index (κ2) is 10.6. The average molecular weight is 379 g/mol.